The Bertz CT molecular complexity index is 323. The van der Waals surface area contributed by atoms with Crippen molar-refractivity contribution in [2.75, 3.05) is 0 Å². The van der Waals surface area contributed by atoms with Crippen molar-refractivity contribution in [1.29, 1.82) is 5.26 Å². The summed E-state index contributed by atoms with van der Waals surface area (Å²) in [5.74, 6) is 0.304. The first-order valence-corrected chi connectivity index (χ1v) is 4.82. The zero-order chi connectivity index (χ0) is 9.47. The summed E-state index contributed by atoms with van der Waals surface area (Å²) in [6.45, 7) is 2.07. The molecule has 2 rings (SSSR count). The Morgan fingerprint density at radius 1 is 1.69 bits per heavy atom. The van der Waals surface area contributed by atoms with Crippen molar-refractivity contribution in [2.45, 2.75) is 32.6 Å². The molecule has 0 saturated heterocycles. The summed E-state index contributed by atoms with van der Waals surface area (Å²) in [5, 5.41) is 8.96. The smallest absolute Gasteiger partial charge is 0.159 e. The van der Waals surface area contributed by atoms with Crippen LogP contribution in [0.15, 0.2) is 11.6 Å². The molecule has 0 aromatic rings. The maximum absolute atomic E-state index is 11.6. The van der Waals surface area contributed by atoms with E-state index in [0.29, 0.717) is 6.42 Å². The number of fused-ring (bicyclic) bond motifs is 1. The fraction of sp³-hybridized carbons (Fsp3) is 0.636. The third-order valence-corrected chi connectivity index (χ3v) is 3.50. The number of carbonyl (C=O) groups is 1. The van der Waals surface area contributed by atoms with Gasteiger partial charge in [0.15, 0.2) is 5.78 Å². The summed E-state index contributed by atoms with van der Waals surface area (Å²) in [5.41, 5.74) is 0.815. The number of allylic oxidation sites excluding steroid dienone is 2. The molecule has 0 spiro atoms. The fourth-order valence-corrected chi connectivity index (χ4v) is 2.60. The van der Waals surface area contributed by atoms with Crippen LogP contribution in [0.2, 0.25) is 0 Å². The molecule has 2 aliphatic carbocycles. The van der Waals surface area contributed by atoms with Crippen LogP contribution in [-0.2, 0) is 4.79 Å². The van der Waals surface area contributed by atoms with E-state index in [2.05, 4.69) is 13.0 Å². The first-order chi connectivity index (χ1) is 6.18. The first kappa shape index (κ1) is 8.50. The Hall–Kier alpha value is -1.10. The Labute approximate surface area is 78.2 Å². The lowest BCUT2D eigenvalue weighted by molar-refractivity contribution is -0.118. The standard InChI is InChI=1S/C11H13NO/c1-11-6-2-3-10(13)9(11)5-4-8(11)7-12/h5,8H,2-4,6H2,1H3. The number of ketones is 1. The zero-order valence-corrected chi connectivity index (χ0v) is 7.84. The van der Waals surface area contributed by atoms with Gasteiger partial charge in [0.25, 0.3) is 0 Å². The number of Topliss-reactive ketones (excluding diaryl/α,β-unsaturated/α-hetero) is 1. The largest absolute Gasteiger partial charge is 0.295 e. The van der Waals surface area contributed by atoms with Crippen molar-refractivity contribution in [1.82, 2.24) is 0 Å². The minimum absolute atomic E-state index is 0.0340. The molecule has 0 aromatic heterocycles. The van der Waals surface area contributed by atoms with Crippen LogP contribution in [0, 0.1) is 22.7 Å². The van der Waals surface area contributed by atoms with Crippen LogP contribution >= 0.6 is 0 Å². The molecule has 0 amide bonds. The molecule has 0 bridgehead atoms. The van der Waals surface area contributed by atoms with Crippen LogP contribution in [0.1, 0.15) is 32.6 Å². The van der Waals surface area contributed by atoms with Gasteiger partial charge in [-0.3, -0.25) is 4.79 Å². The maximum Gasteiger partial charge on any atom is 0.159 e. The van der Waals surface area contributed by atoms with Crippen molar-refractivity contribution >= 4 is 5.78 Å². The van der Waals surface area contributed by atoms with E-state index in [9.17, 15) is 4.79 Å². The number of nitrogens with zero attached hydrogens (tertiary/aromatic N) is 1. The molecule has 0 heterocycles. The molecule has 0 aliphatic heterocycles. The van der Waals surface area contributed by atoms with Gasteiger partial charge in [-0.05, 0) is 24.8 Å². The van der Waals surface area contributed by atoms with Crippen LogP contribution in [0.4, 0.5) is 0 Å². The molecule has 68 valence electrons. The predicted molar refractivity (Wildman–Crippen MR) is 48.8 cm³/mol. The lowest BCUT2D eigenvalue weighted by atomic mass is 9.67. The molecule has 2 nitrogen and oxygen atoms in total. The van der Waals surface area contributed by atoms with Crippen molar-refractivity contribution in [3.8, 4) is 6.07 Å². The zero-order valence-electron chi connectivity index (χ0n) is 7.84. The molecular formula is C11H13NO. The second-order valence-corrected chi connectivity index (χ2v) is 4.23. The van der Waals surface area contributed by atoms with Gasteiger partial charge in [-0.1, -0.05) is 13.0 Å². The average molecular weight is 175 g/mol. The van der Waals surface area contributed by atoms with Gasteiger partial charge in [-0.25, -0.2) is 0 Å². The van der Waals surface area contributed by atoms with Gasteiger partial charge in [0.2, 0.25) is 0 Å². The Balaban J connectivity index is 2.37. The van der Waals surface area contributed by atoms with E-state index in [4.69, 9.17) is 5.26 Å². The topological polar surface area (TPSA) is 40.9 Å². The molecule has 1 saturated carbocycles. The fourth-order valence-electron chi connectivity index (χ4n) is 2.60. The van der Waals surface area contributed by atoms with Crippen LogP contribution in [-0.4, -0.2) is 5.78 Å². The molecule has 13 heavy (non-hydrogen) atoms. The SMILES string of the molecule is CC12CCCC(=O)C1=CCC2C#N. The van der Waals surface area contributed by atoms with Gasteiger partial charge < -0.3 is 0 Å². The number of rotatable bonds is 0. The number of hydrogen-bond donors (Lipinski definition) is 0. The van der Waals surface area contributed by atoms with Gasteiger partial charge in [0.1, 0.15) is 0 Å². The minimum atomic E-state index is -0.121. The molecule has 0 N–H and O–H groups in total. The van der Waals surface area contributed by atoms with Crippen LogP contribution < -0.4 is 0 Å². The van der Waals surface area contributed by atoms with Crippen molar-refractivity contribution < 1.29 is 4.79 Å². The summed E-state index contributed by atoms with van der Waals surface area (Å²) in [6.07, 6.45) is 5.39. The minimum Gasteiger partial charge on any atom is -0.295 e. The van der Waals surface area contributed by atoms with Gasteiger partial charge in [0.05, 0.1) is 12.0 Å². The Kier molecular flexibility index (Phi) is 1.76. The van der Waals surface area contributed by atoms with Crippen molar-refractivity contribution in [3.05, 3.63) is 11.6 Å². The highest BCUT2D eigenvalue weighted by Crippen LogP contribution is 2.50. The van der Waals surface area contributed by atoms with Crippen molar-refractivity contribution in [3.63, 3.8) is 0 Å². The maximum atomic E-state index is 11.6. The van der Waals surface area contributed by atoms with Crippen LogP contribution in [0.25, 0.3) is 0 Å². The lowest BCUT2D eigenvalue weighted by Crippen LogP contribution is -2.31. The number of carbonyl (C=O) groups excluding carboxylic acids is 1. The third-order valence-electron chi connectivity index (χ3n) is 3.50. The van der Waals surface area contributed by atoms with Gasteiger partial charge in [-0.15, -0.1) is 0 Å². The van der Waals surface area contributed by atoms with Crippen LogP contribution in [0.5, 0.6) is 0 Å². The quantitative estimate of drug-likeness (QED) is 0.566. The molecule has 2 heteroatoms. The van der Waals surface area contributed by atoms with E-state index in [-0.39, 0.29) is 17.1 Å². The van der Waals surface area contributed by atoms with Gasteiger partial charge in [-0.2, -0.15) is 5.26 Å². The molecular weight excluding hydrogens is 162 g/mol. The highest BCUT2D eigenvalue weighted by atomic mass is 16.1. The summed E-state index contributed by atoms with van der Waals surface area (Å²) in [4.78, 5) is 11.6. The second-order valence-electron chi connectivity index (χ2n) is 4.23. The molecule has 0 aromatic carbocycles. The first-order valence-electron chi connectivity index (χ1n) is 4.82. The molecule has 2 atom stereocenters. The molecule has 0 radical (unpaired) electrons. The van der Waals surface area contributed by atoms with E-state index in [1.165, 1.54) is 0 Å². The molecule has 2 aliphatic rings. The average Bonchev–Trinajstić information content (AvgIpc) is 2.43. The molecule has 1 fully saturated rings. The van der Waals surface area contributed by atoms with Gasteiger partial charge in [0, 0.05) is 11.8 Å². The summed E-state index contributed by atoms with van der Waals surface area (Å²) in [6, 6.07) is 2.32. The number of nitriles is 1. The lowest BCUT2D eigenvalue weighted by Gasteiger charge is -2.34. The number of hydrogen-bond acceptors (Lipinski definition) is 2. The Morgan fingerprint density at radius 2 is 2.46 bits per heavy atom. The van der Waals surface area contributed by atoms with Crippen molar-refractivity contribution in [2.24, 2.45) is 11.3 Å². The summed E-state index contributed by atoms with van der Waals surface area (Å²) < 4.78 is 0. The van der Waals surface area contributed by atoms with E-state index >= 15 is 0 Å². The van der Waals surface area contributed by atoms with E-state index < -0.39 is 0 Å². The Morgan fingerprint density at radius 3 is 3.15 bits per heavy atom. The van der Waals surface area contributed by atoms with E-state index in [1.807, 2.05) is 6.08 Å². The van der Waals surface area contributed by atoms with E-state index in [1.54, 1.807) is 0 Å². The highest BCUT2D eigenvalue weighted by Gasteiger charge is 2.45. The summed E-state index contributed by atoms with van der Waals surface area (Å²) >= 11 is 0. The molecule has 2 unspecified atom stereocenters. The van der Waals surface area contributed by atoms with Crippen LogP contribution in [0.3, 0.4) is 0 Å². The third kappa shape index (κ3) is 1.03. The summed E-state index contributed by atoms with van der Waals surface area (Å²) in [7, 11) is 0. The van der Waals surface area contributed by atoms with Gasteiger partial charge >= 0.3 is 0 Å². The second kappa shape index (κ2) is 2.70. The predicted octanol–water partition coefficient (Wildman–Crippen LogP) is 2.22. The highest BCUT2D eigenvalue weighted by molar-refractivity contribution is 5.98. The van der Waals surface area contributed by atoms with E-state index in [0.717, 1.165) is 24.8 Å². The monoisotopic (exact) mass is 175 g/mol. The normalized spacial score (nSPS) is 38.0.